The number of carbonyl (C=O) groups excluding carboxylic acids is 2. The third kappa shape index (κ3) is 2.30. The molecule has 4 aliphatic carbocycles. The average Bonchev–Trinajstić information content (AvgIpc) is 3.43. The first-order valence-corrected chi connectivity index (χ1v) is 13.3. The SMILES string of the molecule is CC1=C(C)C(=O)OC(C2CO[C@@]3(O)CC4C(C[C@H]5O[C@]56CC=CC(=O)[C@]46C)C4CC[C@]2(O)[C@]43C)C1. The van der Waals surface area contributed by atoms with Crippen molar-refractivity contribution in [2.45, 2.75) is 95.4 Å². The van der Waals surface area contributed by atoms with E-state index in [9.17, 15) is 19.8 Å². The smallest absolute Gasteiger partial charge is 0.333 e. The number of rotatable bonds is 1. The zero-order valence-electron chi connectivity index (χ0n) is 21.0. The van der Waals surface area contributed by atoms with Crippen molar-refractivity contribution in [2.75, 3.05) is 6.61 Å². The molecule has 0 radical (unpaired) electrons. The summed E-state index contributed by atoms with van der Waals surface area (Å²) in [5.41, 5.74) is -1.72. The number of esters is 1. The summed E-state index contributed by atoms with van der Waals surface area (Å²) in [4.78, 5) is 25.9. The zero-order valence-corrected chi connectivity index (χ0v) is 21.0. The van der Waals surface area contributed by atoms with Gasteiger partial charge in [-0.2, -0.15) is 0 Å². The van der Waals surface area contributed by atoms with E-state index in [4.69, 9.17) is 14.2 Å². The Morgan fingerprint density at radius 1 is 1.09 bits per heavy atom. The maximum atomic E-state index is 13.4. The van der Waals surface area contributed by atoms with Gasteiger partial charge in [0.05, 0.1) is 29.1 Å². The van der Waals surface area contributed by atoms with E-state index in [0.717, 1.165) is 24.8 Å². The summed E-state index contributed by atoms with van der Waals surface area (Å²) in [6.45, 7) is 7.85. The molecule has 7 aliphatic rings. The molecule has 2 saturated heterocycles. The quantitative estimate of drug-likeness (QED) is 0.436. The van der Waals surface area contributed by atoms with E-state index in [-0.39, 0.29) is 42.2 Å². The molecule has 0 amide bonds. The molecule has 3 heterocycles. The molecule has 1 spiro atoms. The third-order valence-electron chi connectivity index (χ3n) is 12.2. The fourth-order valence-electron chi connectivity index (χ4n) is 9.87. The van der Waals surface area contributed by atoms with Crippen molar-refractivity contribution in [2.24, 2.45) is 34.5 Å². The van der Waals surface area contributed by atoms with Crippen LogP contribution in [-0.2, 0) is 23.8 Å². The first-order valence-electron chi connectivity index (χ1n) is 13.3. The minimum Gasteiger partial charge on any atom is -0.458 e. The molecule has 0 aromatic carbocycles. The molecule has 5 fully saturated rings. The molecular formula is C28H36O7. The second-order valence-corrected chi connectivity index (χ2v) is 12.9. The van der Waals surface area contributed by atoms with Crippen molar-refractivity contribution in [1.29, 1.82) is 0 Å². The number of aliphatic hydroxyl groups is 2. The van der Waals surface area contributed by atoms with Gasteiger partial charge in [0, 0.05) is 24.3 Å². The normalized spacial score (nSPS) is 58.2. The van der Waals surface area contributed by atoms with Crippen LogP contribution in [0.4, 0.5) is 0 Å². The lowest BCUT2D eigenvalue weighted by atomic mass is 9.42. The van der Waals surface area contributed by atoms with Crippen LogP contribution >= 0.6 is 0 Å². The van der Waals surface area contributed by atoms with E-state index in [1.54, 1.807) is 13.0 Å². The zero-order chi connectivity index (χ0) is 24.8. The van der Waals surface area contributed by atoms with Crippen LogP contribution in [0.2, 0.25) is 0 Å². The summed E-state index contributed by atoms with van der Waals surface area (Å²) < 4.78 is 18.5. The Bertz CT molecular complexity index is 1110. The van der Waals surface area contributed by atoms with E-state index >= 15 is 0 Å². The largest absolute Gasteiger partial charge is 0.458 e. The molecule has 0 bridgehead atoms. The highest BCUT2D eigenvalue weighted by Gasteiger charge is 2.83. The number of ether oxygens (including phenoxy) is 3. The first-order chi connectivity index (χ1) is 16.4. The van der Waals surface area contributed by atoms with Crippen molar-refractivity contribution in [1.82, 2.24) is 0 Å². The molecule has 5 unspecified atom stereocenters. The number of hydrogen-bond donors (Lipinski definition) is 2. The number of allylic oxidation sites excluding steroid dienone is 1. The van der Waals surface area contributed by atoms with Gasteiger partial charge in [-0.05, 0) is 70.3 Å². The lowest BCUT2D eigenvalue weighted by molar-refractivity contribution is -0.397. The van der Waals surface area contributed by atoms with Crippen molar-refractivity contribution in [3.05, 3.63) is 23.3 Å². The van der Waals surface area contributed by atoms with Crippen molar-refractivity contribution in [3.8, 4) is 0 Å². The fraction of sp³-hybridized carbons (Fsp3) is 0.786. The number of hydrogen-bond acceptors (Lipinski definition) is 7. The number of cyclic esters (lactones) is 1. The fourth-order valence-corrected chi connectivity index (χ4v) is 9.87. The molecule has 7 heteroatoms. The molecule has 2 N–H and O–H groups in total. The summed E-state index contributed by atoms with van der Waals surface area (Å²) in [7, 11) is 0. The molecule has 190 valence electrons. The molecule has 7 nitrogen and oxygen atoms in total. The maximum absolute atomic E-state index is 13.4. The van der Waals surface area contributed by atoms with Gasteiger partial charge in [-0.15, -0.1) is 0 Å². The average molecular weight is 485 g/mol. The van der Waals surface area contributed by atoms with Crippen LogP contribution < -0.4 is 0 Å². The topological polar surface area (TPSA) is 106 Å². The summed E-state index contributed by atoms with van der Waals surface area (Å²) >= 11 is 0. The molecule has 3 saturated carbocycles. The Hall–Kier alpha value is -1.54. The van der Waals surface area contributed by atoms with Crippen LogP contribution in [0, 0.1) is 34.5 Å². The van der Waals surface area contributed by atoms with Crippen molar-refractivity contribution >= 4 is 11.8 Å². The van der Waals surface area contributed by atoms with Crippen LogP contribution in [-0.4, -0.2) is 57.8 Å². The highest BCUT2D eigenvalue weighted by molar-refractivity contribution is 5.97. The van der Waals surface area contributed by atoms with Gasteiger partial charge in [0.1, 0.15) is 11.7 Å². The predicted octanol–water partition coefficient (Wildman–Crippen LogP) is 2.83. The Kier molecular flexibility index (Phi) is 4.19. The lowest BCUT2D eigenvalue weighted by Gasteiger charge is -2.67. The molecule has 7 rings (SSSR count). The van der Waals surface area contributed by atoms with Crippen LogP contribution in [0.25, 0.3) is 0 Å². The molecule has 35 heavy (non-hydrogen) atoms. The Balaban J connectivity index is 1.29. The highest BCUT2D eigenvalue weighted by Crippen LogP contribution is 2.76. The van der Waals surface area contributed by atoms with Crippen molar-refractivity contribution < 1.29 is 34.0 Å². The third-order valence-corrected chi connectivity index (χ3v) is 12.2. The highest BCUT2D eigenvalue weighted by atomic mass is 16.6. The van der Waals surface area contributed by atoms with Gasteiger partial charge in [-0.3, -0.25) is 4.79 Å². The van der Waals surface area contributed by atoms with E-state index < -0.39 is 39.8 Å². The predicted molar refractivity (Wildman–Crippen MR) is 124 cm³/mol. The van der Waals surface area contributed by atoms with E-state index in [1.165, 1.54) is 0 Å². The van der Waals surface area contributed by atoms with E-state index in [2.05, 4.69) is 0 Å². The number of epoxide rings is 1. The second-order valence-electron chi connectivity index (χ2n) is 12.9. The summed E-state index contributed by atoms with van der Waals surface area (Å²) in [6, 6.07) is 0. The molecule has 11 atom stereocenters. The summed E-state index contributed by atoms with van der Waals surface area (Å²) in [5, 5.41) is 24.7. The minimum absolute atomic E-state index is 0.0190. The van der Waals surface area contributed by atoms with E-state index in [1.807, 2.05) is 26.8 Å². The standard InChI is InChI=1S/C28H36O7/c1-14-10-20(34-23(30)15(14)2)19-13-33-28(32)12-18-16(17-7-9-26(19,31)25(17,28)4)11-22-27(35-22)8-5-6-21(29)24(18,27)3/h5-6,16-20,22,31-32H,7-13H2,1-4H3/t16?,17?,18?,19?,20?,22-,24+,25+,26-,27-,28+/m1/s1. The Morgan fingerprint density at radius 2 is 1.86 bits per heavy atom. The molecule has 3 aliphatic heterocycles. The van der Waals surface area contributed by atoms with Gasteiger partial charge in [-0.25, -0.2) is 4.79 Å². The van der Waals surface area contributed by atoms with Gasteiger partial charge < -0.3 is 24.4 Å². The summed E-state index contributed by atoms with van der Waals surface area (Å²) in [6.07, 6.45) is 6.90. The molecular weight excluding hydrogens is 448 g/mol. The van der Waals surface area contributed by atoms with E-state index in [0.29, 0.717) is 24.8 Å². The number of fused-ring (bicyclic) bond motifs is 3. The Morgan fingerprint density at radius 3 is 2.60 bits per heavy atom. The van der Waals surface area contributed by atoms with Crippen LogP contribution in [0.1, 0.15) is 66.2 Å². The van der Waals surface area contributed by atoms with Gasteiger partial charge in [0.25, 0.3) is 0 Å². The second kappa shape index (κ2) is 6.47. The maximum Gasteiger partial charge on any atom is 0.333 e. The minimum atomic E-state index is -1.56. The first kappa shape index (κ1) is 22.6. The number of ketones is 1. The Labute approximate surface area is 205 Å². The van der Waals surface area contributed by atoms with Gasteiger partial charge in [-0.1, -0.05) is 18.6 Å². The van der Waals surface area contributed by atoms with Gasteiger partial charge in [0.2, 0.25) is 0 Å². The van der Waals surface area contributed by atoms with Crippen LogP contribution in [0.3, 0.4) is 0 Å². The molecule has 0 aromatic rings. The monoisotopic (exact) mass is 484 g/mol. The van der Waals surface area contributed by atoms with Gasteiger partial charge >= 0.3 is 5.97 Å². The molecule has 0 aromatic heterocycles. The van der Waals surface area contributed by atoms with Crippen LogP contribution in [0.15, 0.2) is 23.3 Å². The lowest BCUT2D eigenvalue weighted by Crippen LogP contribution is -2.75. The van der Waals surface area contributed by atoms with Crippen LogP contribution in [0.5, 0.6) is 0 Å². The number of carbonyl (C=O) groups is 2. The summed E-state index contributed by atoms with van der Waals surface area (Å²) in [5.74, 6) is -2.19. The van der Waals surface area contributed by atoms with Gasteiger partial charge in [0.15, 0.2) is 11.6 Å². The van der Waals surface area contributed by atoms with Crippen molar-refractivity contribution in [3.63, 3.8) is 0 Å².